The highest BCUT2D eigenvalue weighted by molar-refractivity contribution is 6.09. The van der Waals surface area contributed by atoms with Gasteiger partial charge in [0.05, 0.1) is 14.2 Å². The summed E-state index contributed by atoms with van der Waals surface area (Å²) < 4.78 is 10.8. The number of imide groups is 1. The van der Waals surface area contributed by atoms with Gasteiger partial charge in [0.25, 0.3) is 5.91 Å². The molecule has 1 spiro atoms. The Morgan fingerprint density at radius 3 is 2.50 bits per heavy atom. The Morgan fingerprint density at radius 2 is 1.74 bits per heavy atom. The maximum absolute atomic E-state index is 13.6. The number of nitrogens with zero attached hydrogens (tertiary/aromatic N) is 2. The quantitative estimate of drug-likeness (QED) is 0.705. The van der Waals surface area contributed by atoms with Crippen LogP contribution in [-0.4, -0.2) is 55.0 Å². The van der Waals surface area contributed by atoms with Gasteiger partial charge in [-0.15, -0.1) is 0 Å². The van der Waals surface area contributed by atoms with Crippen LogP contribution in [0.1, 0.15) is 41.5 Å². The second kappa shape index (κ2) is 8.66. The van der Waals surface area contributed by atoms with Crippen LogP contribution in [0.25, 0.3) is 0 Å². The van der Waals surface area contributed by atoms with E-state index in [0.29, 0.717) is 37.4 Å². The summed E-state index contributed by atoms with van der Waals surface area (Å²) in [4.78, 5) is 42.6. The van der Waals surface area contributed by atoms with Crippen LogP contribution in [0.5, 0.6) is 11.5 Å². The smallest absolute Gasteiger partial charge is 0.325 e. The van der Waals surface area contributed by atoms with Gasteiger partial charge in [-0.05, 0) is 66.5 Å². The summed E-state index contributed by atoms with van der Waals surface area (Å²) in [5.41, 5.74) is 2.94. The van der Waals surface area contributed by atoms with Crippen LogP contribution in [0.15, 0.2) is 36.4 Å². The largest absolute Gasteiger partial charge is 0.493 e. The van der Waals surface area contributed by atoms with E-state index in [1.165, 1.54) is 0 Å². The van der Waals surface area contributed by atoms with Crippen molar-refractivity contribution < 1.29 is 23.9 Å². The van der Waals surface area contributed by atoms with E-state index in [9.17, 15) is 14.4 Å². The highest BCUT2D eigenvalue weighted by Crippen LogP contribution is 2.39. The number of rotatable bonds is 4. The predicted molar refractivity (Wildman–Crippen MR) is 125 cm³/mol. The maximum atomic E-state index is 13.6. The summed E-state index contributed by atoms with van der Waals surface area (Å²) in [6.45, 7) is 0.641. The molecule has 1 saturated heterocycles. The molecule has 2 heterocycles. The van der Waals surface area contributed by atoms with E-state index >= 15 is 0 Å². The molecule has 2 aromatic carbocycles. The van der Waals surface area contributed by atoms with Crippen molar-refractivity contribution >= 4 is 17.8 Å². The maximum Gasteiger partial charge on any atom is 0.325 e. The van der Waals surface area contributed by atoms with Crippen LogP contribution in [-0.2, 0) is 34.5 Å². The lowest BCUT2D eigenvalue weighted by Crippen LogP contribution is -2.46. The van der Waals surface area contributed by atoms with Gasteiger partial charge in [-0.1, -0.05) is 24.3 Å². The van der Waals surface area contributed by atoms with E-state index in [-0.39, 0.29) is 18.4 Å². The number of fused-ring (bicyclic) bond motifs is 3. The normalized spacial score (nSPS) is 21.6. The number of amides is 4. The molecule has 34 heavy (non-hydrogen) atoms. The fourth-order valence-corrected chi connectivity index (χ4v) is 5.45. The summed E-state index contributed by atoms with van der Waals surface area (Å²) >= 11 is 0. The number of aryl methyl sites for hydroxylation is 1. The minimum Gasteiger partial charge on any atom is -0.493 e. The van der Waals surface area contributed by atoms with E-state index in [0.717, 1.165) is 46.4 Å². The van der Waals surface area contributed by atoms with Gasteiger partial charge in [0, 0.05) is 13.1 Å². The van der Waals surface area contributed by atoms with Gasteiger partial charge in [-0.25, -0.2) is 4.79 Å². The topological polar surface area (TPSA) is 88.2 Å². The summed E-state index contributed by atoms with van der Waals surface area (Å²) in [5.74, 6) is 0.694. The Labute approximate surface area is 198 Å². The monoisotopic (exact) mass is 463 g/mol. The Bertz CT molecular complexity index is 1160. The van der Waals surface area contributed by atoms with Gasteiger partial charge in [0.1, 0.15) is 12.1 Å². The van der Waals surface area contributed by atoms with Crippen LogP contribution in [0, 0.1) is 0 Å². The SMILES string of the molecule is COc1cc2c(cc1OC)CN(C(=O)CN1C(=O)NC3(CCCCc4ccccc43)C1=O)CC2. The predicted octanol–water partition coefficient (Wildman–Crippen LogP) is 2.76. The van der Waals surface area contributed by atoms with Gasteiger partial charge >= 0.3 is 6.03 Å². The molecule has 5 rings (SSSR count). The number of urea groups is 1. The lowest BCUT2D eigenvalue weighted by atomic mass is 9.84. The average Bonchev–Trinajstić information content (AvgIpc) is 2.99. The van der Waals surface area contributed by atoms with Crippen LogP contribution in [0.3, 0.4) is 0 Å². The first kappa shape index (κ1) is 22.3. The zero-order valence-electron chi connectivity index (χ0n) is 19.6. The number of nitrogens with one attached hydrogen (secondary N) is 1. The molecule has 3 aliphatic rings. The number of carbonyl (C=O) groups is 3. The molecule has 1 aliphatic carbocycles. The summed E-state index contributed by atoms with van der Waals surface area (Å²) in [6.07, 6.45) is 3.87. The molecule has 0 bridgehead atoms. The minimum atomic E-state index is -1.08. The molecule has 178 valence electrons. The zero-order chi connectivity index (χ0) is 23.9. The van der Waals surface area contributed by atoms with Gasteiger partial charge in [0.2, 0.25) is 5.91 Å². The second-order valence-corrected chi connectivity index (χ2v) is 9.13. The van der Waals surface area contributed by atoms with Crippen LogP contribution < -0.4 is 14.8 Å². The molecule has 1 fully saturated rings. The minimum absolute atomic E-state index is 0.247. The second-order valence-electron chi connectivity index (χ2n) is 9.13. The molecule has 8 nitrogen and oxygen atoms in total. The first-order valence-electron chi connectivity index (χ1n) is 11.7. The molecule has 0 radical (unpaired) electrons. The van der Waals surface area contributed by atoms with Crippen molar-refractivity contribution in [2.24, 2.45) is 0 Å². The van der Waals surface area contributed by atoms with E-state index in [4.69, 9.17) is 9.47 Å². The number of hydrogen-bond acceptors (Lipinski definition) is 5. The number of carbonyl (C=O) groups excluding carboxylic acids is 3. The van der Waals surface area contributed by atoms with Gasteiger partial charge < -0.3 is 19.7 Å². The molecule has 4 amide bonds. The van der Waals surface area contributed by atoms with Crippen molar-refractivity contribution in [3.05, 3.63) is 58.7 Å². The third-order valence-electron chi connectivity index (χ3n) is 7.26. The first-order chi connectivity index (χ1) is 16.5. The highest BCUT2D eigenvalue weighted by Gasteiger charge is 2.53. The fraction of sp³-hybridized carbons (Fsp3) is 0.423. The fourth-order valence-electron chi connectivity index (χ4n) is 5.45. The number of methoxy groups -OCH3 is 2. The standard InChI is InChI=1S/C26H29N3O5/c1-33-21-13-18-10-12-28(15-19(18)14-22(21)34-2)23(30)16-29-24(31)26(27-25(29)32)11-6-5-8-17-7-3-4-9-20(17)26/h3-4,7,9,13-14H,5-6,8,10-12,15-16H2,1-2H3,(H,27,32). The number of ether oxygens (including phenoxy) is 2. The highest BCUT2D eigenvalue weighted by atomic mass is 16.5. The van der Waals surface area contributed by atoms with Crippen molar-refractivity contribution in [1.82, 2.24) is 15.1 Å². The molecule has 0 aromatic heterocycles. The van der Waals surface area contributed by atoms with E-state index in [1.807, 2.05) is 36.4 Å². The molecule has 2 aliphatic heterocycles. The van der Waals surface area contributed by atoms with Crippen molar-refractivity contribution in [2.75, 3.05) is 27.3 Å². The Morgan fingerprint density at radius 1 is 1.00 bits per heavy atom. The molecular weight excluding hydrogens is 434 g/mol. The first-order valence-corrected chi connectivity index (χ1v) is 11.7. The van der Waals surface area contributed by atoms with Gasteiger partial charge in [0.15, 0.2) is 11.5 Å². The Hall–Kier alpha value is -3.55. The molecule has 1 unspecified atom stereocenters. The van der Waals surface area contributed by atoms with Crippen molar-refractivity contribution in [1.29, 1.82) is 0 Å². The average molecular weight is 464 g/mol. The molecule has 1 atom stereocenters. The van der Waals surface area contributed by atoms with Gasteiger partial charge in [-0.2, -0.15) is 0 Å². The lowest BCUT2D eigenvalue weighted by molar-refractivity contribution is -0.139. The summed E-state index contributed by atoms with van der Waals surface area (Å²) in [7, 11) is 3.18. The van der Waals surface area contributed by atoms with E-state index < -0.39 is 11.6 Å². The molecule has 1 N–H and O–H groups in total. The Balaban J connectivity index is 1.35. The summed E-state index contributed by atoms with van der Waals surface area (Å²) in [6, 6.07) is 11.1. The molecule has 0 saturated carbocycles. The zero-order valence-corrected chi connectivity index (χ0v) is 19.6. The molecule has 8 heteroatoms. The number of hydrogen-bond donors (Lipinski definition) is 1. The third-order valence-corrected chi connectivity index (χ3v) is 7.26. The van der Waals surface area contributed by atoms with E-state index in [1.54, 1.807) is 19.1 Å². The van der Waals surface area contributed by atoms with Crippen LogP contribution in [0.4, 0.5) is 4.79 Å². The third kappa shape index (κ3) is 3.57. The lowest BCUT2D eigenvalue weighted by Gasteiger charge is -2.31. The van der Waals surface area contributed by atoms with E-state index in [2.05, 4.69) is 5.32 Å². The Kier molecular flexibility index (Phi) is 5.67. The number of benzene rings is 2. The van der Waals surface area contributed by atoms with Crippen molar-refractivity contribution in [2.45, 2.75) is 44.2 Å². The summed E-state index contributed by atoms with van der Waals surface area (Å²) in [5, 5.41) is 2.95. The van der Waals surface area contributed by atoms with Crippen molar-refractivity contribution in [3.63, 3.8) is 0 Å². The van der Waals surface area contributed by atoms with Crippen LogP contribution in [0.2, 0.25) is 0 Å². The van der Waals surface area contributed by atoms with Crippen LogP contribution >= 0.6 is 0 Å². The van der Waals surface area contributed by atoms with Gasteiger partial charge in [-0.3, -0.25) is 14.5 Å². The molecular formula is C26H29N3O5. The van der Waals surface area contributed by atoms with Crippen molar-refractivity contribution in [3.8, 4) is 11.5 Å². The molecule has 2 aromatic rings.